The fraction of sp³-hybridized carbons (Fsp3) is 0.381. The molecule has 2 aromatic rings. The van der Waals surface area contributed by atoms with Crippen LogP contribution in [0.2, 0.25) is 0 Å². The maximum Gasteiger partial charge on any atom is 0.191 e. The van der Waals surface area contributed by atoms with Crippen molar-refractivity contribution in [2.45, 2.75) is 20.0 Å². The first-order chi connectivity index (χ1) is 12.7. The average Bonchev–Trinajstić information content (AvgIpc) is 2.65. The lowest BCUT2D eigenvalue weighted by Gasteiger charge is -2.16. The van der Waals surface area contributed by atoms with Crippen molar-refractivity contribution in [1.82, 2.24) is 15.5 Å². The van der Waals surface area contributed by atoms with Crippen LogP contribution in [0.3, 0.4) is 0 Å². The second-order valence-electron chi connectivity index (χ2n) is 6.29. The molecule has 0 aromatic heterocycles. The standard InChI is InChI=1S/C21H30N4O.HI/c1-4-22-21(23-16-18-10-6-5-7-11-18)24-17-19-12-8-9-13-20(19)26-15-14-25(2)3;/h5-13H,4,14-17H2,1-3H3,(H2,22,23,24);1H. The molecule has 0 radical (unpaired) electrons. The zero-order valence-electron chi connectivity index (χ0n) is 16.4. The van der Waals surface area contributed by atoms with Crippen molar-refractivity contribution in [2.75, 3.05) is 33.8 Å². The monoisotopic (exact) mass is 482 g/mol. The Labute approximate surface area is 180 Å². The number of aliphatic imine (C=N–C) groups is 1. The number of para-hydroxylation sites is 1. The number of guanidine groups is 1. The fourth-order valence-electron chi connectivity index (χ4n) is 2.40. The molecular formula is C21H31IN4O. The molecule has 5 nitrogen and oxygen atoms in total. The van der Waals surface area contributed by atoms with Crippen molar-refractivity contribution in [3.63, 3.8) is 0 Å². The molecule has 0 unspecified atom stereocenters. The first-order valence-electron chi connectivity index (χ1n) is 9.10. The van der Waals surface area contributed by atoms with Gasteiger partial charge in [-0.05, 0) is 32.6 Å². The summed E-state index contributed by atoms with van der Waals surface area (Å²) in [4.78, 5) is 6.77. The molecule has 2 N–H and O–H groups in total. The number of ether oxygens (including phenoxy) is 1. The topological polar surface area (TPSA) is 48.9 Å². The molecule has 2 aromatic carbocycles. The van der Waals surface area contributed by atoms with Crippen molar-refractivity contribution < 1.29 is 4.74 Å². The molecule has 0 saturated carbocycles. The van der Waals surface area contributed by atoms with E-state index in [9.17, 15) is 0 Å². The van der Waals surface area contributed by atoms with Crippen molar-refractivity contribution in [3.05, 3.63) is 65.7 Å². The lowest BCUT2D eigenvalue weighted by atomic mass is 10.2. The van der Waals surface area contributed by atoms with E-state index in [1.54, 1.807) is 0 Å². The van der Waals surface area contributed by atoms with E-state index >= 15 is 0 Å². The van der Waals surface area contributed by atoms with Gasteiger partial charge < -0.3 is 20.3 Å². The predicted octanol–water partition coefficient (Wildman–Crippen LogP) is 3.50. The Kier molecular flexibility index (Phi) is 11.5. The van der Waals surface area contributed by atoms with E-state index in [-0.39, 0.29) is 24.0 Å². The van der Waals surface area contributed by atoms with Gasteiger partial charge in [0.25, 0.3) is 0 Å². The number of benzene rings is 2. The number of rotatable bonds is 9. The van der Waals surface area contributed by atoms with Gasteiger partial charge in [0.05, 0.1) is 6.54 Å². The van der Waals surface area contributed by atoms with E-state index in [0.29, 0.717) is 19.7 Å². The zero-order valence-corrected chi connectivity index (χ0v) is 18.8. The number of likely N-dealkylation sites (N-methyl/N-ethyl adjacent to an activating group) is 1. The molecule has 0 heterocycles. The Morgan fingerprint density at radius 3 is 2.41 bits per heavy atom. The molecule has 0 amide bonds. The molecule has 2 rings (SSSR count). The maximum absolute atomic E-state index is 5.93. The van der Waals surface area contributed by atoms with Gasteiger partial charge in [0.1, 0.15) is 12.4 Å². The number of halogens is 1. The Morgan fingerprint density at radius 1 is 1.00 bits per heavy atom. The summed E-state index contributed by atoms with van der Waals surface area (Å²) < 4.78 is 5.93. The molecule has 0 fully saturated rings. The van der Waals surface area contributed by atoms with Gasteiger partial charge in [-0.15, -0.1) is 24.0 Å². The third-order valence-corrected chi connectivity index (χ3v) is 3.82. The predicted molar refractivity (Wildman–Crippen MR) is 124 cm³/mol. The zero-order chi connectivity index (χ0) is 18.6. The molecule has 27 heavy (non-hydrogen) atoms. The van der Waals surface area contributed by atoms with Gasteiger partial charge in [0.15, 0.2) is 5.96 Å². The summed E-state index contributed by atoms with van der Waals surface area (Å²) in [6, 6.07) is 18.4. The van der Waals surface area contributed by atoms with Crippen molar-refractivity contribution in [1.29, 1.82) is 0 Å². The van der Waals surface area contributed by atoms with Gasteiger partial charge in [0.2, 0.25) is 0 Å². The van der Waals surface area contributed by atoms with Crippen LogP contribution in [0, 0.1) is 0 Å². The van der Waals surface area contributed by atoms with Crippen LogP contribution in [-0.4, -0.2) is 44.7 Å². The highest BCUT2D eigenvalue weighted by molar-refractivity contribution is 14.0. The molecular weight excluding hydrogens is 451 g/mol. The number of hydrogen-bond acceptors (Lipinski definition) is 3. The van der Waals surface area contributed by atoms with E-state index in [2.05, 4.69) is 45.6 Å². The third-order valence-electron chi connectivity index (χ3n) is 3.82. The second kappa shape index (κ2) is 13.4. The number of hydrogen-bond donors (Lipinski definition) is 2. The van der Waals surface area contributed by atoms with Crippen LogP contribution in [0.5, 0.6) is 5.75 Å². The van der Waals surface area contributed by atoms with Crippen LogP contribution in [-0.2, 0) is 13.1 Å². The highest BCUT2D eigenvalue weighted by atomic mass is 127. The van der Waals surface area contributed by atoms with Crippen LogP contribution in [0.25, 0.3) is 0 Å². The first kappa shape index (κ1) is 23.2. The largest absolute Gasteiger partial charge is 0.492 e. The van der Waals surface area contributed by atoms with Gasteiger partial charge >= 0.3 is 0 Å². The normalized spacial score (nSPS) is 11.0. The van der Waals surface area contributed by atoms with Crippen LogP contribution in [0.15, 0.2) is 59.6 Å². The molecule has 0 aliphatic rings. The minimum atomic E-state index is 0. The lowest BCUT2D eigenvalue weighted by molar-refractivity contribution is 0.259. The molecule has 0 aliphatic carbocycles. The Morgan fingerprint density at radius 2 is 1.70 bits per heavy atom. The van der Waals surface area contributed by atoms with Crippen molar-refractivity contribution in [2.24, 2.45) is 4.99 Å². The van der Waals surface area contributed by atoms with Crippen LogP contribution in [0.1, 0.15) is 18.1 Å². The Bertz CT molecular complexity index is 677. The van der Waals surface area contributed by atoms with Gasteiger partial charge in [-0.25, -0.2) is 4.99 Å². The SMILES string of the molecule is CCNC(=NCc1ccccc1)NCc1ccccc1OCCN(C)C.I. The van der Waals surface area contributed by atoms with Crippen LogP contribution < -0.4 is 15.4 Å². The lowest BCUT2D eigenvalue weighted by Crippen LogP contribution is -2.36. The highest BCUT2D eigenvalue weighted by Crippen LogP contribution is 2.17. The summed E-state index contributed by atoms with van der Waals surface area (Å²) in [5.74, 6) is 1.72. The van der Waals surface area contributed by atoms with E-state index in [0.717, 1.165) is 30.4 Å². The molecule has 0 atom stereocenters. The van der Waals surface area contributed by atoms with Gasteiger partial charge in [-0.3, -0.25) is 0 Å². The quantitative estimate of drug-likeness (QED) is 0.327. The second-order valence-corrected chi connectivity index (χ2v) is 6.29. The smallest absolute Gasteiger partial charge is 0.191 e. The molecule has 0 bridgehead atoms. The molecule has 0 saturated heterocycles. The minimum absolute atomic E-state index is 0. The maximum atomic E-state index is 5.93. The first-order valence-corrected chi connectivity index (χ1v) is 9.10. The van der Waals surface area contributed by atoms with Crippen LogP contribution in [0.4, 0.5) is 0 Å². The summed E-state index contributed by atoms with van der Waals surface area (Å²) in [6.07, 6.45) is 0. The van der Waals surface area contributed by atoms with E-state index in [1.165, 1.54) is 5.56 Å². The van der Waals surface area contributed by atoms with Gasteiger partial charge in [-0.1, -0.05) is 48.5 Å². The van der Waals surface area contributed by atoms with E-state index < -0.39 is 0 Å². The van der Waals surface area contributed by atoms with Crippen molar-refractivity contribution >= 4 is 29.9 Å². The van der Waals surface area contributed by atoms with Gasteiger partial charge in [-0.2, -0.15) is 0 Å². The van der Waals surface area contributed by atoms with Crippen molar-refractivity contribution in [3.8, 4) is 5.75 Å². The summed E-state index contributed by atoms with van der Waals surface area (Å²) in [5, 5.41) is 6.69. The minimum Gasteiger partial charge on any atom is -0.492 e. The Hall–Kier alpha value is -1.80. The highest BCUT2D eigenvalue weighted by Gasteiger charge is 2.05. The van der Waals surface area contributed by atoms with Crippen LogP contribution >= 0.6 is 24.0 Å². The van der Waals surface area contributed by atoms with Gasteiger partial charge in [0, 0.05) is 25.2 Å². The molecule has 0 aliphatic heterocycles. The van der Waals surface area contributed by atoms with E-state index in [1.807, 2.05) is 50.5 Å². The average molecular weight is 482 g/mol. The summed E-state index contributed by atoms with van der Waals surface area (Å²) in [7, 11) is 4.09. The molecule has 148 valence electrons. The number of nitrogens with zero attached hydrogens (tertiary/aromatic N) is 2. The summed E-state index contributed by atoms with van der Waals surface area (Å²) >= 11 is 0. The summed E-state index contributed by atoms with van der Waals surface area (Å²) in [5.41, 5.74) is 2.31. The number of nitrogens with one attached hydrogen (secondary N) is 2. The third kappa shape index (κ3) is 9.10. The molecule has 0 spiro atoms. The fourth-order valence-corrected chi connectivity index (χ4v) is 2.40. The molecule has 6 heteroatoms. The Balaban J connectivity index is 0.00000364. The van der Waals surface area contributed by atoms with E-state index in [4.69, 9.17) is 4.74 Å². The summed E-state index contributed by atoms with van der Waals surface area (Å²) in [6.45, 7) is 5.77.